The summed E-state index contributed by atoms with van der Waals surface area (Å²) in [6.07, 6.45) is 0. The van der Waals surface area contributed by atoms with Gasteiger partial charge in [0.1, 0.15) is 10.6 Å². The molecule has 0 radical (unpaired) electrons. The number of carbonyl (C=O) groups excluding carboxylic acids is 1. The van der Waals surface area contributed by atoms with Gasteiger partial charge in [-0.3, -0.25) is 4.79 Å². The van der Waals surface area contributed by atoms with Crippen molar-refractivity contribution >= 4 is 31.6 Å². The number of benzene rings is 2. The fraction of sp³-hybridized carbons (Fsp3) is 0.381. The van der Waals surface area contributed by atoms with Gasteiger partial charge in [0.15, 0.2) is 0 Å². The molecular weight excluding hydrogens is 470 g/mol. The predicted octanol–water partition coefficient (Wildman–Crippen LogP) is 1.66. The third-order valence-electron chi connectivity index (χ3n) is 4.81. The summed E-state index contributed by atoms with van der Waals surface area (Å²) < 4.78 is 65.2. The first kappa shape index (κ1) is 25.1. The van der Waals surface area contributed by atoms with Crippen LogP contribution in [-0.4, -0.2) is 66.5 Å². The van der Waals surface area contributed by atoms with Crippen LogP contribution in [0.4, 0.5) is 5.69 Å². The van der Waals surface area contributed by atoms with Crippen molar-refractivity contribution in [2.24, 2.45) is 0 Å². The molecule has 10 nitrogen and oxygen atoms in total. The van der Waals surface area contributed by atoms with Gasteiger partial charge in [-0.2, -0.15) is 4.31 Å². The summed E-state index contributed by atoms with van der Waals surface area (Å²) in [5.41, 5.74) is 0.330. The Kier molecular flexibility index (Phi) is 7.75. The lowest BCUT2D eigenvalue weighted by molar-refractivity contribution is 0.0730. The maximum atomic E-state index is 12.9. The molecule has 2 aromatic rings. The molecule has 0 spiro atoms. The maximum Gasteiger partial charge on any atom is 0.255 e. The Morgan fingerprint density at radius 3 is 2.39 bits per heavy atom. The first-order chi connectivity index (χ1) is 15.5. The van der Waals surface area contributed by atoms with Gasteiger partial charge in [0.2, 0.25) is 20.0 Å². The molecule has 1 aliphatic heterocycles. The highest BCUT2D eigenvalue weighted by molar-refractivity contribution is 7.89. The highest BCUT2D eigenvalue weighted by atomic mass is 32.2. The first-order valence-corrected chi connectivity index (χ1v) is 13.2. The van der Waals surface area contributed by atoms with Crippen molar-refractivity contribution in [2.45, 2.75) is 29.7 Å². The number of sulfonamides is 2. The number of hydrogen-bond acceptors (Lipinski definition) is 7. The maximum absolute atomic E-state index is 12.9. The van der Waals surface area contributed by atoms with Gasteiger partial charge < -0.3 is 14.8 Å². The Morgan fingerprint density at radius 1 is 1.06 bits per heavy atom. The van der Waals surface area contributed by atoms with Gasteiger partial charge in [-0.05, 0) is 50.2 Å². The number of nitrogens with zero attached hydrogens (tertiary/aromatic N) is 1. The quantitative estimate of drug-likeness (QED) is 0.567. The normalized spacial score (nSPS) is 15.4. The molecule has 0 bridgehead atoms. The highest BCUT2D eigenvalue weighted by Gasteiger charge is 2.27. The zero-order valence-corrected chi connectivity index (χ0v) is 20.2. The van der Waals surface area contributed by atoms with E-state index in [0.717, 1.165) is 0 Å². The van der Waals surface area contributed by atoms with Crippen molar-refractivity contribution in [1.82, 2.24) is 9.03 Å². The van der Waals surface area contributed by atoms with Crippen molar-refractivity contribution in [1.29, 1.82) is 0 Å². The van der Waals surface area contributed by atoms with Gasteiger partial charge in [-0.1, -0.05) is 6.07 Å². The molecule has 1 heterocycles. The van der Waals surface area contributed by atoms with Crippen LogP contribution in [0.3, 0.4) is 0 Å². The molecule has 1 fully saturated rings. The average Bonchev–Trinajstić information content (AvgIpc) is 2.78. The van der Waals surface area contributed by atoms with E-state index in [2.05, 4.69) is 10.0 Å². The molecule has 1 aliphatic rings. The van der Waals surface area contributed by atoms with Crippen LogP contribution in [0.2, 0.25) is 0 Å². The van der Waals surface area contributed by atoms with Crippen molar-refractivity contribution < 1.29 is 31.1 Å². The van der Waals surface area contributed by atoms with Crippen LogP contribution in [0.25, 0.3) is 0 Å². The molecule has 0 aliphatic carbocycles. The van der Waals surface area contributed by atoms with Gasteiger partial charge >= 0.3 is 0 Å². The van der Waals surface area contributed by atoms with Gasteiger partial charge in [0.05, 0.1) is 25.2 Å². The van der Waals surface area contributed by atoms with Crippen LogP contribution in [-0.2, 0) is 24.8 Å². The summed E-state index contributed by atoms with van der Waals surface area (Å²) in [7, 11) is -6.32. The molecule has 33 heavy (non-hydrogen) atoms. The summed E-state index contributed by atoms with van der Waals surface area (Å²) in [6.45, 7) is 4.52. The number of carbonyl (C=O) groups is 1. The van der Waals surface area contributed by atoms with Crippen molar-refractivity contribution in [3.05, 3.63) is 48.0 Å². The Hall–Kier alpha value is -2.51. The monoisotopic (exact) mass is 497 g/mol. The molecule has 180 valence electrons. The van der Waals surface area contributed by atoms with E-state index in [9.17, 15) is 21.6 Å². The number of anilines is 1. The molecule has 3 rings (SSSR count). The number of ether oxygens (including phenoxy) is 2. The number of amides is 1. The van der Waals surface area contributed by atoms with Gasteiger partial charge in [-0.25, -0.2) is 21.6 Å². The predicted molar refractivity (Wildman–Crippen MR) is 122 cm³/mol. The smallest absolute Gasteiger partial charge is 0.255 e. The third kappa shape index (κ3) is 5.89. The lowest BCUT2D eigenvalue weighted by Crippen LogP contribution is -2.40. The number of rotatable bonds is 8. The van der Waals surface area contributed by atoms with Gasteiger partial charge in [0.25, 0.3) is 5.91 Å². The third-order valence-corrected chi connectivity index (χ3v) is 8.38. The van der Waals surface area contributed by atoms with Crippen LogP contribution in [0.1, 0.15) is 24.2 Å². The van der Waals surface area contributed by atoms with Crippen molar-refractivity contribution in [2.75, 3.05) is 38.7 Å². The van der Waals surface area contributed by atoms with Gasteiger partial charge in [0, 0.05) is 30.4 Å². The van der Waals surface area contributed by atoms with E-state index in [1.165, 1.54) is 47.8 Å². The summed E-state index contributed by atoms with van der Waals surface area (Å²) >= 11 is 0. The SMILES string of the molecule is COc1ccc(C(=O)Nc2cccc(S(=O)(=O)N3CCOCC3)c2)cc1S(=O)(=O)NC(C)C. The van der Waals surface area contributed by atoms with E-state index in [1.807, 2.05) is 0 Å². The number of nitrogens with one attached hydrogen (secondary N) is 2. The van der Waals surface area contributed by atoms with Crippen molar-refractivity contribution in [3.8, 4) is 5.75 Å². The fourth-order valence-corrected chi connectivity index (χ4v) is 6.18. The number of methoxy groups -OCH3 is 1. The first-order valence-electron chi connectivity index (χ1n) is 10.2. The lowest BCUT2D eigenvalue weighted by atomic mass is 10.2. The van der Waals surface area contributed by atoms with Crippen LogP contribution in [0.5, 0.6) is 5.75 Å². The summed E-state index contributed by atoms with van der Waals surface area (Å²) in [4.78, 5) is 12.7. The Labute approximate surface area is 194 Å². The number of hydrogen-bond donors (Lipinski definition) is 2. The van der Waals surface area contributed by atoms with E-state index in [1.54, 1.807) is 19.9 Å². The Bertz CT molecular complexity index is 1220. The Morgan fingerprint density at radius 2 is 1.76 bits per heavy atom. The standard InChI is InChI=1S/C21H27N3O7S2/c1-15(2)23-32(26,27)20-13-16(7-8-19(20)30-3)21(25)22-17-5-4-6-18(14-17)33(28,29)24-9-11-31-12-10-24/h4-8,13-15,23H,9-12H2,1-3H3,(H,22,25). The molecular formula is C21H27N3O7S2. The largest absolute Gasteiger partial charge is 0.495 e. The van der Waals surface area contributed by atoms with E-state index in [-0.39, 0.29) is 45.9 Å². The molecule has 2 N–H and O–H groups in total. The molecule has 0 aromatic heterocycles. The number of morpholine rings is 1. The minimum absolute atomic E-state index is 0.0429. The van der Waals surface area contributed by atoms with Crippen LogP contribution in [0.15, 0.2) is 52.3 Å². The molecule has 0 unspecified atom stereocenters. The van der Waals surface area contributed by atoms with E-state index < -0.39 is 26.0 Å². The second kappa shape index (κ2) is 10.2. The molecule has 0 saturated carbocycles. The second-order valence-corrected chi connectivity index (χ2v) is 11.3. The summed E-state index contributed by atoms with van der Waals surface area (Å²) in [6, 6.07) is 9.58. The molecule has 0 atom stereocenters. The van der Waals surface area contributed by atoms with E-state index in [0.29, 0.717) is 13.2 Å². The topological polar surface area (TPSA) is 131 Å². The Balaban J connectivity index is 1.86. The summed E-state index contributed by atoms with van der Waals surface area (Å²) in [5.74, 6) is -0.502. The average molecular weight is 498 g/mol. The molecule has 1 saturated heterocycles. The van der Waals surface area contributed by atoms with E-state index >= 15 is 0 Å². The van der Waals surface area contributed by atoms with Crippen molar-refractivity contribution in [3.63, 3.8) is 0 Å². The van der Waals surface area contributed by atoms with Crippen LogP contribution >= 0.6 is 0 Å². The lowest BCUT2D eigenvalue weighted by Gasteiger charge is -2.26. The fourth-order valence-electron chi connectivity index (χ4n) is 3.28. The minimum Gasteiger partial charge on any atom is -0.495 e. The zero-order chi connectivity index (χ0) is 24.2. The second-order valence-electron chi connectivity index (χ2n) is 7.64. The van der Waals surface area contributed by atoms with Gasteiger partial charge in [-0.15, -0.1) is 0 Å². The highest BCUT2D eigenvalue weighted by Crippen LogP contribution is 2.26. The minimum atomic E-state index is -3.92. The van der Waals surface area contributed by atoms with Crippen LogP contribution < -0.4 is 14.8 Å². The zero-order valence-electron chi connectivity index (χ0n) is 18.6. The van der Waals surface area contributed by atoms with Crippen LogP contribution in [0, 0.1) is 0 Å². The van der Waals surface area contributed by atoms with E-state index in [4.69, 9.17) is 9.47 Å². The summed E-state index contributed by atoms with van der Waals surface area (Å²) in [5, 5.41) is 2.63. The molecule has 12 heteroatoms. The molecule has 2 aromatic carbocycles. The molecule has 1 amide bonds.